The lowest BCUT2D eigenvalue weighted by molar-refractivity contribution is 0.0964. The zero-order valence-corrected chi connectivity index (χ0v) is 26.6. The molecule has 0 aliphatic carbocycles. The van der Waals surface area contributed by atoms with Crippen LogP contribution < -0.4 is 15.2 Å². The van der Waals surface area contributed by atoms with Gasteiger partial charge in [-0.1, -0.05) is 12.1 Å². The fraction of sp³-hybridized carbons (Fsp3) is 0.176. The number of sulfonamides is 1. The van der Waals surface area contributed by atoms with Gasteiger partial charge in [-0.2, -0.15) is 0 Å². The van der Waals surface area contributed by atoms with E-state index in [-0.39, 0.29) is 34.7 Å². The molecule has 3 heterocycles. The smallest absolute Gasteiger partial charge is 0.261 e. The van der Waals surface area contributed by atoms with E-state index in [1.807, 2.05) is 19.1 Å². The standard InChI is InChI=1S/C34H30FN5O5S/c1-19-6-12-24(37-17-19)18-40-20(2)38-28-13-9-22(14-26(28)34(40)42)25-15-27-30(16-29(25)39(4)46(5,43)44)45-32(31(27)33(41)36-3)21-7-10-23(35)11-8-21/h6-17H,18H2,1-5H3,(H,36,41). The van der Waals surface area contributed by atoms with Crippen LogP contribution in [0, 0.1) is 19.7 Å². The number of nitrogens with zero attached hydrogens (tertiary/aromatic N) is 4. The van der Waals surface area contributed by atoms with Crippen LogP contribution in [0.5, 0.6) is 0 Å². The van der Waals surface area contributed by atoms with Gasteiger partial charge < -0.3 is 9.73 Å². The number of rotatable bonds is 7. The summed E-state index contributed by atoms with van der Waals surface area (Å²) in [4.78, 5) is 36.2. The van der Waals surface area contributed by atoms with Gasteiger partial charge in [0.2, 0.25) is 10.0 Å². The van der Waals surface area contributed by atoms with Crippen molar-refractivity contribution in [3.63, 3.8) is 0 Å². The molecule has 3 aromatic heterocycles. The zero-order chi connectivity index (χ0) is 32.9. The lowest BCUT2D eigenvalue weighted by Crippen LogP contribution is -2.25. The molecule has 0 aliphatic rings. The highest BCUT2D eigenvalue weighted by Crippen LogP contribution is 2.41. The summed E-state index contributed by atoms with van der Waals surface area (Å²) in [7, 11) is -0.854. The van der Waals surface area contributed by atoms with Gasteiger partial charge in [0, 0.05) is 42.9 Å². The Hall–Kier alpha value is -5.36. The second-order valence-electron chi connectivity index (χ2n) is 11.1. The molecule has 0 saturated heterocycles. The fourth-order valence-electron chi connectivity index (χ4n) is 5.40. The first-order valence-corrected chi connectivity index (χ1v) is 16.2. The lowest BCUT2D eigenvalue weighted by atomic mass is 9.97. The molecule has 3 aromatic carbocycles. The van der Waals surface area contributed by atoms with Crippen molar-refractivity contribution in [2.75, 3.05) is 24.7 Å². The van der Waals surface area contributed by atoms with Crippen LogP contribution in [-0.2, 0) is 16.6 Å². The predicted molar refractivity (Wildman–Crippen MR) is 176 cm³/mol. The van der Waals surface area contributed by atoms with Gasteiger partial charge in [0.05, 0.1) is 40.6 Å². The molecule has 6 rings (SSSR count). The fourth-order valence-corrected chi connectivity index (χ4v) is 5.91. The summed E-state index contributed by atoms with van der Waals surface area (Å²) in [5.74, 6) is -0.173. The van der Waals surface area contributed by atoms with Crippen molar-refractivity contribution in [1.29, 1.82) is 0 Å². The number of amides is 1. The third-order valence-corrected chi connectivity index (χ3v) is 9.14. The molecule has 12 heteroatoms. The molecule has 0 fully saturated rings. The number of aromatic nitrogens is 3. The van der Waals surface area contributed by atoms with Crippen molar-refractivity contribution in [2.45, 2.75) is 20.4 Å². The maximum atomic E-state index is 13.9. The topological polar surface area (TPSA) is 127 Å². The van der Waals surface area contributed by atoms with Crippen molar-refractivity contribution >= 4 is 43.5 Å². The zero-order valence-electron chi connectivity index (χ0n) is 25.8. The summed E-state index contributed by atoms with van der Waals surface area (Å²) in [6.45, 7) is 3.92. The van der Waals surface area contributed by atoms with Crippen LogP contribution in [-0.4, -0.2) is 49.2 Å². The number of hydrogen-bond acceptors (Lipinski definition) is 7. The van der Waals surface area contributed by atoms with Crippen molar-refractivity contribution in [2.24, 2.45) is 0 Å². The third kappa shape index (κ3) is 5.51. The first-order valence-electron chi connectivity index (χ1n) is 14.3. The van der Waals surface area contributed by atoms with Crippen molar-refractivity contribution in [3.05, 3.63) is 112 Å². The van der Waals surface area contributed by atoms with Crippen LogP contribution in [0.1, 0.15) is 27.4 Å². The van der Waals surface area contributed by atoms with Crippen LogP contribution >= 0.6 is 0 Å². The molecule has 0 spiro atoms. The van der Waals surface area contributed by atoms with Gasteiger partial charge in [0.25, 0.3) is 11.5 Å². The molecular weight excluding hydrogens is 609 g/mol. The summed E-state index contributed by atoms with van der Waals surface area (Å²) in [5, 5.41) is 3.37. The Morgan fingerprint density at radius 2 is 1.72 bits per heavy atom. The van der Waals surface area contributed by atoms with E-state index in [4.69, 9.17) is 4.42 Å². The molecule has 46 heavy (non-hydrogen) atoms. The van der Waals surface area contributed by atoms with E-state index in [0.29, 0.717) is 44.5 Å². The van der Waals surface area contributed by atoms with E-state index < -0.39 is 21.7 Å². The molecule has 0 aliphatic heterocycles. The maximum absolute atomic E-state index is 13.9. The number of hydrogen-bond donors (Lipinski definition) is 1. The van der Waals surface area contributed by atoms with Crippen molar-refractivity contribution in [1.82, 2.24) is 19.9 Å². The van der Waals surface area contributed by atoms with Gasteiger partial charge in [0.1, 0.15) is 23.0 Å². The number of pyridine rings is 1. The quantitative estimate of drug-likeness (QED) is 0.247. The van der Waals surface area contributed by atoms with Gasteiger partial charge >= 0.3 is 0 Å². The third-order valence-electron chi connectivity index (χ3n) is 7.95. The van der Waals surface area contributed by atoms with Crippen LogP contribution in [0.2, 0.25) is 0 Å². The second-order valence-corrected chi connectivity index (χ2v) is 13.1. The van der Waals surface area contributed by atoms with Crippen molar-refractivity contribution in [3.8, 4) is 22.5 Å². The predicted octanol–water partition coefficient (Wildman–Crippen LogP) is 5.43. The Kier molecular flexibility index (Phi) is 7.69. The highest BCUT2D eigenvalue weighted by atomic mass is 32.2. The number of anilines is 1. The minimum Gasteiger partial charge on any atom is -0.455 e. The van der Waals surface area contributed by atoms with Gasteiger partial charge in [-0.3, -0.25) is 23.4 Å². The summed E-state index contributed by atoms with van der Waals surface area (Å²) < 4.78 is 48.1. The first-order chi connectivity index (χ1) is 21.8. The molecule has 1 amide bonds. The van der Waals surface area contributed by atoms with Crippen LogP contribution in [0.25, 0.3) is 44.3 Å². The Bertz CT molecular complexity index is 2330. The molecule has 234 valence electrons. The van der Waals surface area contributed by atoms with E-state index in [0.717, 1.165) is 16.1 Å². The summed E-state index contributed by atoms with van der Waals surface area (Å²) >= 11 is 0. The van der Waals surface area contributed by atoms with E-state index in [1.54, 1.807) is 48.0 Å². The summed E-state index contributed by atoms with van der Waals surface area (Å²) in [5.41, 5.74) is 4.04. The molecule has 0 saturated carbocycles. The summed E-state index contributed by atoms with van der Waals surface area (Å²) in [6, 6.07) is 17.7. The lowest BCUT2D eigenvalue weighted by Gasteiger charge is -2.21. The number of aryl methyl sites for hydroxylation is 2. The Balaban J connectivity index is 1.60. The Morgan fingerprint density at radius 1 is 1.00 bits per heavy atom. The number of carbonyl (C=O) groups is 1. The number of fused-ring (bicyclic) bond motifs is 2. The van der Waals surface area contributed by atoms with Gasteiger partial charge in [-0.05, 0) is 73.5 Å². The van der Waals surface area contributed by atoms with Gasteiger partial charge in [-0.15, -0.1) is 0 Å². The molecule has 10 nitrogen and oxygen atoms in total. The minimum atomic E-state index is -3.75. The molecule has 0 bridgehead atoms. The molecular formula is C34H30FN5O5S. The molecule has 0 atom stereocenters. The average molecular weight is 640 g/mol. The second kappa shape index (κ2) is 11.5. The first kappa shape index (κ1) is 30.7. The minimum absolute atomic E-state index is 0.199. The van der Waals surface area contributed by atoms with Crippen LogP contribution in [0.4, 0.5) is 10.1 Å². The van der Waals surface area contributed by atoms with Crippen LogP contribution in [0.15, 0.2) is 82.1 Å². The highest BCUT2D eigenvalue weighted by Gasteiger charge is 2.26. The molecule has 0 unspecified atom stereocenters. The Morgan fingerprint density at radius 3 is 2.37 bits per heavy atom. The molecule has 1 N–H and O–H groups in total. The number of benzene rings is 3. The summed E-state index contributed by atoms with van der Waals surface area (Å²) in [6.07, 6.45) is 2.82. The average Bonchev–Trinajstić information content (AvgIpc) is 3.41. The number of nitrogens with one attached hydrogen (secondary N) is 1. The number of halogens is 1. The molecule has 0 radical (unpaired) electrons. The maximum Gasteiger partial charge on any atom is 0.261 e. The van der Waals surface area contributed by atoms with Gasteiger partial charge in [0.15, 0.2) is 0 Å². The largest absolute Gasteiger partial charge is 0.455 e. The van der Waals surface area contributed by atoms with E-state index in [2.05, 4.69) is 15.3 Å². The van der Waals surface area contributed by atoms with Crippen LogP contribution in [0.3, 0.4) is 0 Å². The molecule has 6 aromatic rings. The number of furan rings is 1. The van der Waals surface area contributed by atoms with E-state index in [1.165, 1.54) is 38.4 Å². The SMILES string of the molecule is CNC(=O)c1c(-c2ccc(F)cc2)oc2cc(N(C)S(C)(=O)=O)c(-c3ccc4nc(C)n(Cc5ccc(C)cn5)c(=O)c4c3)cc12. The monoisotopic (exact) mass is 639 g/mol. The van der Waals surface area contributed by atoms with Gasteiger partial charge in [-0.25, -0.2) is 17.8 Å². The number of carbonyl (C=O) groups excluding carboxylic acids is 1. The van der Waals surface area contributed by atoms with E-state index >= 15 is 0 Å². The van der Waals surface area contributed by atoms with Crippen molar-refractivity contribution < 1.29 is 22.0 Å². The van der Waals surface area contributed by atoms with E-state index in [9.17, 15) is 22.4 Å². The Labute approximate surface area is 264 Å². The highest BCUT2D eigenvalue weighted by molar-refractivity contribution is 7.92. The normalized spacial score (nSPS) is 11.7.